The molecule has 1 aromatic carbocycles. The van der Waals surface area contributed by atoms with Crippen LogP contribution in [0.2, 0.25) is 0 Å². The summed E-state index contributed by atoms with van der Waals surface area (Å²) >= 11 is 0. The number of nitrogens with zero attached hydrogens (tertiary/aromatic N) is 5. The maximum atomic E-state index is 15.3. The van der Waals surface area contributed by atoms with E-state index in [9.17, 15) is 9.59 Å². The minimum absolute atomic E-state index is 0.00948. The third kappa shape index (κ3) is 4.04. The summed E-state index contributed by atoms with van der Waals surface area (Å²) in [5, 5.41) is 2.60. The molecule has 7 rings (SSSR count). The fourth-order valence-electron chi connectivity index (χ4n) is 6.24. The topological polar surface area (TPSA) is 152 Å². The third-order valence-electron chi connectivity index (χ3n) is 8.32. The molecule has 3 aliphatic heterocycles. The number of H-pyrrole nitrogens is 1. The van der Waals surface area contributed by atoms with Crippen molar-refractivity contribution in [2.24, 2.45) is 11.7 Å². The Labute approximate surface area is 227 Å². The van der Waals surface area contributed by atoms with Gasteiger partial charge in [0.2, 0.25) is 0 Å². The Morgan fingerprint density at radius 1 is 1.18 bits per heavy atom. The number of likely N-dealkylation sites (tertiary alicyclic amines) is 1. The molecule has 2 saturated heterocycles. The molecule has 0 saturated carbocycles. The Morgan fingerprint density at radius 2 is 1.93 bits per heavy atom. The molecule has 1 spiro atoms. The summed E-state index contributed by atoms with van der Waals surface area (Å²) < 4.78 is 41.7. The second kappa shape index (κ2) is 9.06. The highest BCUT2D eigenvalue weighted by atomic mass is 19.1. The van der Waals surface area contributed by atoms with Crippen LogP contribution in [0.4, 0.5) is 25.2 Å². The zero-order valence-electron chi connectivity index (χ0n) is 21.8. The Hall–Kier alpha value is -3.91. The van der Waals surface area contributed by atoms with E-state index < -0.39 is 29.4 Å². The monoisotopic (exact) mass is 554 g/mol. The first kappa shape index (κ1) is 25.1. The van der Waals surface area contributed by atoms with E-state index in [0.717, 1.165) is 0 Å². The van der Waals surface area contributed by atoms with Gasteiger partial charge in [-0.2, -0.15) is 0 Å². The molecular formula is C26H28F2N8O4. The first-order valence-electron chi connectivity index (χ1n) is 13.4. The molecule has 40 heavy (non-hydrogen) atoms. The van der Waals surface area contributed by atoms with Crippen LogP contribution < -0.4 is 20.7 Å². The lowest BCUT2D eigenvalue weighted by molar-refractivity contribution is -0.118. The second-order valence-electron chi connectivity index (χ2n) is 11.2. The van der Waals surface area contributed by atoms with Crippen LogP contribution in [0.15, 0.2) is 6.20 Å². The molecule has 2 atom stereocenters. The number of carbonyl (C=O) groups is 2. The number of anilines is 2. The number of carbonyl (C=O) groups excluding carboxylic acids is 2. The summed E-state index contributed by atoms with van der Waals surface area (Å²) in [6.07, 6.45) is 3.03. The van der Waals surface area contributed by atoms with Gasteiger partial charge in [-0.1, -0.05) is 0 Å². The van der Waals surface area contributed by atoms with E-state index in [4.69, 9.17) is 15.2 Å². The molecule has 210 valence electrons. The van der Waals surface area contributed by atoms with Crippen LogP contribution in [0.5, 0.6) is 5.88 Å². The van der Waals surface area contributed by atoms with Crippen LogP contribution in [-0.4, -0.2) is 75.2 Å². The summed E-state index contributed by atoms with van der Waals surface area (Å²) in [6, 6.07) is -0.453. The number of ether oxygens (including phenoxy) is 2. The van der Waals surface area contributed by atoms with Gasteiger partial charge >= 0.3 is 6.09 Å². The van der Waals surface area contributed by atoms with E-state index in [-0.39, 0.29) is 47.0 Å². The molecule has 1 aliphatic carbocycles. The van der Waals surface area contributed by atoms with Gasteiger partial charge < -0.3 is 30.4 Å². The largest absolute Gasteiger partial charge is 0.465 e. The number of nitrogens with two attached hydrogens (primary N) is 1. The van der Waals surface area contributed by atoms with Crippen molar-refractivity contribution < 1.29 is 27.8 Å². The van der Waals surface area contributed by atoms with Crippen molar-refractivity contribution in [1.82, 2.24) is 24.8 Å². The number of amides is 2. The summed E-state index contributed by atoms with van der Waals surface area (Å²) in [5.74, 6) is -0.169. The van der Waals surface area contributed by atoms with Crippen molar-refractivity contribution in [3.8, 4) is 5.88 Å². The van der Waals surface area contributed by atoms with E-state index in [2.05, 4.69) is 30.2 Å². The van der Waals surface area contributed by atoms with Crippen molar-refractivity contribution in [2.45, 2.75) is 44.2 Å². The lowest BCUT2D eigenvalue weighted by Crippen LogP contribution is -2.48. The van der Waals surface area contributed by atoms with Crippen molar-refractivity contribution in [3.63, 3.8) is 0 Å². The molecule has 2 aromatic heterocycles. The number of hydrogen-bond donors (Lipinski definition) is 3. The van der Waals surface area contributed by atoms with Gasteiger partial charge in [0.25, 0.3) is 11.8 Å². The minimum Gasteiger partial charge on any atom is -0.465 e. The fraction of sp³-hybridized carbons (Fsp3) is 0.500. The Balaban J connectivity index is 1.00. The molecule has 5 heterocycles. The second-order valence-corrected chi connectivity index (χ2v) is 11.2. The highest BCUT2D eigenvalue weighted by molar-refractivity contribution is 5.94. The van der Waals surface area contributed by atoms with Crippen molar-refractivity contribution >= 4 is 34.7 Å². The molecule has 0 radical (unpaired) electrons. The predicted octanol–water partition coefficient (Wildman–Crippen LogP) is 2.19. The number of hydrogen-bond acceptors (Lipinski definition) is 9. The smallest absolute Gasteiger partial charge is 0.416 e. The van der Waals surface area contributed by atoms with Crippen molar-refractivity contribution in [1.29, 1.82) is 0 Å². The van der Waals surface area contributed by atoms with Gasteiger partial charge in [0.15, 0.2) is 29.9 Å². The highest BCUT2D eigenvalue weighted by Crippen LogP contribution is 2.39. The molecular weight excluding hydrogens is 526 g/mol. The Bertz CT molecular complexity index is 1500. The third-order valence-corrected chi connectivity index (χ3v) is 8.32. The van der Waals surface area contributed by atoms with Gasteiger partial charge in [-0.05, 0) is 36.8 Å². The van der Waals surface area contributed by atoms with Crippen LogP contribution in [0, 0.1) is 17.6 Å². The lowest BCUT2D eigenvalue weighted by Gasteiger charge is -2.38. The average Bonchev–Trinajstić information content (AvgIpc) is 3.65. The molecule has 14 heteroatoms. The first-order chi connectivity index (χ1) is 19.2. The lowest BCUT2D eigenvalue weighted by atomic mass is 9.90. The number of halogens is 2. The highest BCUT2D eigenvalue weighted by Gasteiger charge is 2.48. The van der Waals surface area contributed by atoms with Gasteiger partial charge in [0.1, 0.15) is 22.5 Å². The zero-order valence-corrected chi connectivity index (χ0v) is 21.8. The number of imidazole rings is 1. The van der Waals surface area contributed by atoms with Crippen molar-refractivity contribution in [3.05, 3.63) is 34.8 Å². The van der Waals surface area contributed by atoms with E-state index in [0.29, 0.717) is 68.8 Å². The molecule has 1 unspecified atom stereocenters. The van der Waals surface area contributed by atoms with E-state index in [1.165, 1.54) is 11.1 Å². The van der Waals surface area contributed by atoms with Crippen LogP contribution in [-0.2, 0) is 22.4 Å². The van der Waals surface area contributed by atoms with E-state index in [1.54, 1.807) is 6.92 Å². The van der Waals surface area contributed by atoms with Gasteiger partial charge in [-0.15, -0.1) is 0 Å². The van der Waals surface area contributed by atoms with Crippen LogP contribution >= 0.6 is 0 Å². The maximum absolute atomic E-state index is 15.3. The normalized spacial score (nSPS) is 21.4. The van der Waals surface area contributed by atoms with Crippen LogP contribution in [0.3, 0.4) is 0 Å². The number of nitrogens with one attached hydrogen (secondary N) is 2. The van der Waals surface area contributed by atoms with Gasteiger partial charge in [0.05, 0.1) is 18.8 Å². The van der Waals surface area contributed by atoms with E-state index >= 15 is 8.78 Å². The summed E-state index contributed by atoms with van der Waals surface area (Å²) in [7, 11) is 0. The molecule has 2 amide bonds. The minimum atomic E-state index is -0.663. The van der Waals surface area contributed by atoms with Gasteiger partial charge in [0, 0.05) is 32.5 Å². The number of aromatic amines is 1. The number of fused-ring (bicyclic) bond motifs is 3. The van der Waals surface area contributed by atoms with Crippen LogP contribution in [0.1, 0.15) is 42.8 Å². The SMILES string of the molecule is C[C@@H](N)c1nc2c(F)c3c(c(F)c2[nH]1)CC(CN1CCC2(CC1)CN(c1cnc4c(n1)NC(=O)CO4)C(=O)O2)C3. The predicted molar refractivity (Wildman–Crippen MR) is 138 cm³/mol. The van der Waals surface area contributed by atoms with Crippen LogP contribution in [0.25, 0.3) is 11.0 Å². The van der Waals surface area contributed by atoms with Gasteiger partial charge in [-0.3, -0.25) is 9.69 Å². The standard InChI is InChI=1S/C26H28F2N8O4/c1-12(29)22-33-20-18(27)14-6-13(7-15(14)19(28)21(20)34-22)9-35-4-2-26(3-5-35)11-36(25(38)40-26)16-8-30-24-23(31-16)32-17(37)10-39-24/h8,12-13H,2-7,9-11,29H2,1H3,(H,33,34)(H,31,32,37)/t12-/m1/s1. The van der Waals surface area contributed by atoms with Crippen molar-refractivity contribution in [2.75, 3.05) is 43.0 Å². The fourth-order valence-corrected chi connectivity index (χ4v) is 6.24. The van der Waals surface area contributed by atoms with E-state index in [1.807, 2.05) is 0 Å². The zero-order chi connectivity index (χ0) is 27.8. The molecule has 3 aromatic rings. The average molecular weight is 555 g/mol. The Kier molecular flexibility index (Phi) is 5.68. The molecule has 2 fully saturated rings. The summed E-state index contributed by atoms with van der Waals surface area (Å²) in [6.45, 7) is 3.94. The Morgan fingerprint density at radius 3 is 2.67 bits per heavy atom. The first-order valence-corrected chi connectivity index (χ1v) is 13.4. The van der Waals surface area contributed by atoms with Gasteiger partial charge in [-0.25, -0.2) is 28.5 Å². The number of benzene rings is 1. The quantitative estimate of drug-likeness (QED) is 0.441. The molecule has 0 bridgehead atoms. The molecule has 4 aliphatic rings. The molecule has 4 N–H and O–H groups in total. The molecule has 12 nitrogen and oxygen atoms in total. The number of piperidine rings is 1. The maximum Gasteiger partial charge on any atom is 0.416 e. The summed E-state index contributed by atoms with van der Waals surface area (Å²) in [4.78, 5) is 43.7. The summed E-state index contributed by atoms with van der Waals surface area (Å²) in [5.41, 5.74) is 6.09. The number of aromatic nitrogens is 4. The number of rotatable bonds is 4.